The average Bonchev–Trinajstić information content (AvgIpc) is 2.02. The van der Waals surface area contributed by atoms with Crippen molar-refractivity contribution in [2.24, 2.45) is 0 Å². The van der Waals surface area contributed by atoms with Gasteiger partial charge in [0.2, 0.25) is 0 Å². The molecule has 0 fully saturated rings. The van der Waals surface area contributed by atoms with E-state index in [0.717, 1.165) is 0 Å². The molecule has 0 radical (unpaired) electrons. The van der Waals surface area contributed by atoms with Gasteiger partial charge in [0.25, 0.3) is 0 Å². The molecule has 0 rings (SSSR count). The summed E-state index contributed by atoms with van der Waals surface area (Å²) in [6.45, 7) is 10.5. The minimum atomic E-state index is -4.04. The molecule has 0 aliphatic rings. The van der Waals surface area contributed by atoms with Gasteiger partial charge in [0.05, 0.1) is 0 Å². The monoisotopic (exact) mass is 204 g/mol. The van der Waals surface area contributed by atoms with Gasteiger partial charge in [-0.25, -0.2) is 0 Å². The zero-order chi connectivity index (χ0) is 10.4. The van der Waals surface area contributed by atoms with E-state index in [-0.39, 0.29) is 18.9 Å². The maximum atomic E-state index is 9.88. The molecule has 3 nitrogen and oxygen atoms in total. The van der Waals surface area contributed by atoms with E-state index >= 15 is 0 Å². The molecule has 0 spiro atoms. The van der Waals surface area contributed by atoms with Gasteiger partial charge in [-0.15, -0.1) is 0 Å². The van der Waals surface area contributed by atoms with Crippen LogP contribution >= 0.6 is 7.28 Å². The van der Waals surface area contributed by atoms with Crippen LogP contribution in [0.25, 0.3) is 0 Å². The summed E-state index contributed by atoms with van der Waals surface area (Å²) in [7, 11) is -4.04. The Morgan fingerprint density at radius 1 is 1.00 bits per heavy atom. The molecule has 0 saturated heterocycles. The van der Waals surface area contributed by atoms with Crippen LogP contribution in [0, 0.1) is 0 Å². The first-order valence-corrected chi connectivity index (χ1v) is 6.38. The predicted octanol–water partition coefficient (Wildman–Crippen LogP) is 1.84. The number of allylic oxidation sites excluding steroid dienone is 2. The Morgan fingerprint density at radius 2 is 1.46 bits per heavy atom. The standard InChI is InChI=1S/C9H17O3P/c1-4-7-12-13(10,11,8-5-2)9-6-3/h4-6,10-11H,1-3,7-9H2. The second-order valence-electron chi connectivity index (χ2n) is 2.83. The van der Waals surface area contributed by atoms with E-state index in [2.05, 4.69) is 19.7 Å². The Balaban J connectivity index is 4.54. The normalized spacial score (nSPS) is 14.2. The SMILES string of the molecule is C=CCOP(O)(O)(CC=C)CC=C. The van der Waals surface area contributed by atoms with Gasteiger partial charge >= 0.3 is 78.5 Å². The summed E-state index contributed by atoms with van der Waals surface area (Å²) in [5.74, 6) is 0. The van der Waals surface area contributed by atoms with E-state index in [0.29, 0.717) is 0 Å². The number of hydrogen-bond donors (Lipinski definition) is 2. The Kier molecular flexibility index (Phi) is 4.51. The summed E-state index contributed by atoms with van der Waals surface area (Å²) in [5, 5.41) is 0. The second-order valence-corrected chi connectivity index (χ2v) is 6.42. The number of hydrogen-bond acceptors (Lipinski definition) is 3. The van der Waals surface area contributed by atoms with Crippen molar-refractivity contribution in [3.05, 3.63) is 38.0 Å². The van der Waals surface area contributed by atoms with Crippen molar-refractivity contribution in [1.29, 1.82) is 0 Å². The quantitative estimate of drug-likeness (QED) is 0.491. The molecule has 0 aromatic rings. The Hall–Kier alpha value is -0.470. The van der Waals surface area contributed by atoms with E-state index in [9.17, 15) is 9.79 Å². The molecular weight excluding hydrogens is 187 g/mol. The van der Waals surface area contributed by atoms with E-state index < -0.39 is 7.28 Å². The summed E-state index contributed by atoms with van der Waals surface area (Å²) in [6, 6.07) is 0. The molecular formula is C9H17O3P. The van der Waals surface area contributed by atoms with E-state index in [1.807, 2.05) is 0 Å². The van der Waals surface area contributed by atoms with Crippen LogP contribution in [-0.2, 0) is 4.52 Å². The van der Waals surface area contributed by atoms with Gasteiger partial charge in [-0.3, -0.25) is 0 Å². The van der Waals surface area contributed by atoms with E-state index in [1.54, 1.807) is 0 Å². The van der Waals surface area contributed by atoms with Crippen molar-refractivity contribution in [1.82, 2.24) is 0 Å². The molecule has 0 heterocycles. The van der Waals surface area contributed by atoms with Crippen molar-refractivity contribution in [3.63, 3.8) is 0 Å². The zero-order valence-electron chi connectivity index (χ0n) is 7.72. The van der Waals surface area contributed by atoms with Crippen molar-refractivity contribution < 1.29 is 14.3 Å². The fourth-order valence-corrected chi connectivity index (χ4v) is 2.77. The van der Waals surface area contributed by atoms with Gasteiger partial charge in [-0.1, -0.05) is 0 Å². The van der Waals surface area contributed by atoms with Crippen LogP contribution in [0.3, 0.4) is 0 Å². The molecule has 0 aliphatic heterocycles. The third kappa shape index (κ3) is 4.34. The van der Waals surface area contributed by atoms with Crippen LogP contribution < -0.4 is 0 Å². The van der Waals surface area contributed by atoms with Crippen molar-refractivity contribution in [2.75, 3.05) is 18.9 Å². The molecule has 0 aliphatic carbocycles. The molecule has 0 amide bonds. The maximum absolute atomic E-state index is 9.88. The molecule has 0 unspecified atom stereocenters. The first kappa shape index (κ1) is 12.5. The van der Waals surface area contributed by atoms with E-state index in [1.165, 1.54) is 18.2 Å². The first-order valence-electron chi connectivity index (χ1n) is 3.95. The van der Waals surface area contributed by atoms with Crippen molar-refractivity contribution in [3.8, 4) is 0 Å². The molecule has 0 saturated carbocycles. The van der Waals surface area contributed by atoms with Gasteiger partial charge in [-0.2, -0.15) is 0 Å². The van der Waals surface area contributed by atoms with Crippen LogP contribution in [0.4, 0.5) is 0 Å². The molecule has 4 heteroatoms. The van der Waals surface area contributed by atoms with Crippen LogP contribution in [0.5, 0.6) is 0 Å². The zero-order valence-corrected chi connectivity index (χ0v) is 8.62. The van der Waals surface area contributed by atoms with Crippen LogP contribution in [0.15, 0.2) is 38.0 Å². The van der Waals surface area contributed by atoms with Gasteiger partial charge in [0.1, 0.15) is 0 Å². The molecule has 0 aromatic heterocycles. The fraction of sp³-hybridized carbons (Fsp3) is 0.333. The Labute approximate surface area is 79.2 Å². The van der Waals surface area contributed by atoms with Crippen LogP contribution in [-0.4, -0.2) is 28.7 Å². The Morgan fingerprint density at radius 3 is 1.77 bits per heavy atom. The summed E-state index contributed by atoms with van der Waals surface area (Å²) < 4.78 is 5.03. The summed E-state index contributed by atoms with van der Waals surface area (Å²) in [4.78, 5) is 19.8. The fourth-order valence-electron chi connectivity index (χ4n) is 0.924. The molecule has 2 N–H and O–H groups in total. The molecule has 0 aromatic carbocycles. The third-order valence-corrected chi connectivity index (χ3v) is 4.21. The van der Waals surface area contributed by atoms with Gasteiger partial charge in [0.15, 0.2) is 0 Å². The van der Waals surface area contributed by atoms with Gasteiger partial charge < -0.3 is 0 Å². The molecule has 0 atom stereocenters. The average molecular weight is 204 g/mol. The summed E-state index contributed by atoms with van der Waals surface area (Å²) in [5.41, 5.74) is 0. The number of rotatable bonds is 7. The Bertz CT molecular complexity index is 197. The minimum absolute atomic E-state index is 0.0471. The summed E-state index contributed by atoms with van der Waals surface area (Å²) >= 11 is 0. The van der Waals surface area contributed by atoms with Crippen molar-refractivity contribution >= 4 is 7.28 Å². The predicted molar refractivity (Wildman–Crippen MR) is 57.6 cm³/mol. The van der Waals surface area contributed by atoms with Gasteiger partial charge in [-0.05, 0) is 0 Å². The molecule has 0 bridgehead atoms. The second kappa shape index (κ2) is 4.68. The van der Waals surface area contributed by atoms with E-state index in [4.69, 9.17) is 4.52 Å². The molecule has 76 valence electrons. The van der Waals surface area contributed by atoms with Crippen molar-refractivity contribution in [2.45, 2.75) is 0 Å². The van der Waals surface area contributed by atoms with Gasteiger partial charge in [0, 0.05) is 0 Å². The van der Waals surface area contributed by atoms with Crippen LogP contribution in [0.1, 0.15) is 0 Å². The third-order valence-electron chi connectivity index (χ3n) is 1.48. The molecule has 13 heavy (non-hydrogen) atoms. The first-order chi connectivity index (χ1) is 5.96. The topological polar surface area (TPSA) is 49.7 Å². The van der Waals surface area contributed by atoms with Crippen LogP contribution in [0.2, 0.25) is 0 Å². The summed E-state index contributed by atoms with van der Waals surface area (Å²) in [6.07, 6.45) is 4.44.